The highest BCUT2D eigenvalue weighted by atomic mass is 16.5. The molecule has 3 rings (SSSR count). The number of ether oxygens (including phenoxy) is 1. The van der Waals surface area contributed by atoms with Crippen LogP contribution in [0.3, 0.4) is 0 Å². The molecule has 26 heavy (non-hydrogen) atoms. The highest BCUT2D eigenvalue weighted by molar-refractivity contribution is 6.02. The van der Waals surface area contributed by atoms with Crippen molar-refractivity contribution < 1.29 is 19.1 Å². The van der Waals surface area contributed by atoms with Gasteiger partial charge in [0, 0.05) is 11.3 Å². The Balaban J connectivity index is 1.63. The molecule has 7 heteroatoms. The van der Waals surface area contributed by atoms with E-state index in [9.17, 15) is 14.4 Å². The lowest BCUT2D eigenvalue weighted by Gasteiger charge is -2.24. The van der Waals surface area contributed by atoms with Crippen molar-refractivity contribution in [3.05, 3.63) is 54.1 Å². The predicted octanol–water partition coefficient (Wildman–Crippen LogP) is 2.16. The Bertz CT molecular complexity index is 851. The van der Waals surface area contributed by atoms with E-state index >= 15 is 0 Å². The molecule has 0 saturated carbocycles. The van der Waals surface area contributed by atoms with Gasteiger partial charge in [-0.15, -0.1) is 0 Å². The van der Waals surface area contributed by atoms with Crippen LogP contribution in [0.15, 0.2) is 48.5 Å². The van der Waals surface area contributed by atoms with Crippen molar-refractivity contribution in [2.24, 2.45) is 0 Å². The van der Waals surface area contributed by atoms with Gasteiger partial charge in [0.15, 0.2) is 6.10 Å². The van der Waals surface area contributed by atoms with Crippen LogP contribution < -0.4 is 20.7 Å². The van der Waals surface area contributed by atoms with E-state index in [4.69, 9.17) is 4.74 Å². The van der Waals surface area contributed by atoms with E-state index in [1.165, 1.54) is 0 Å². The van der Waals surface area contributed by atoms with E-state index in [1.807, 2.05) is 6.07 Å². The van der Waals surface area contributed by atoms with E-state index in [1.54, 1.807) is 56.3 Å². The second-order valence-corrected chi connectivity index (χ2v) is 6.01. The van der Waals surface area contributed by atoms with Crippen molar-refractivity contribution in [2.75, 3.05) is 10.6 Å². The normalized spacial score (nSPS) is 16.5. The van der Waals surface area contributed by atoms with Crippen molar-refractivity contribution in [3.63, 3.8) is 0 Å². The average Bonchev–Trinajstić information content (AvgIpc) is 2.63. The Kier molecular flexibility index (Phi) is 4.88. The molecule has 3 N–H and O–H groups in total. The van der Waals surface area contributed by atoms with Gasteiger partial charge in [0.1, 0.15) is 11.8 Å². The van der Waals surface area contributed by atoms with Gasteiger partial charge >= 0.3 is 0 Å². The first-order chi connectivity index (χ1) is 12.4. The summed E-state index contributed by atoms with van der Waals surface area (Å²) >= 11 is 0. The zero-order valence-corrected chi connectivity index (χ0v) is 14.4. The van der Waals surface area contributed by atoms with Gasteiger partial charge < -0.3 is 20.7 Å². The molecule has 0 aromatic heterocycles. The van der Waals surface area contributed by atoms with Gasteiger partial charge in [-0.2, -0.15) is 0 Å². The average molecular weight is 353 g/mol. The summed E-state index contributed by atoms with van der Waals surface area (Å²) in [6, 6.07) is 12.9. The van der Waals surface area contributed by atoms with Crippen LogP contribution in [0.2, 0.25) is 0 Å². The molecular weight excluding hydrogens is 334 g/mol. The number of nitrogens with one attached hydrogen (secondary N) is 3. The summed E-state index contributed by atoms with van der Waals surface area (Å²) in [6.07, 6.45) is -0.559. The van der Waals surface area contributed by atoms with Crippen molar-refractivity contribution in [2.45, 2.75) is 26.0 Å². The largest absolute Gasteiger partial charge is 0.479 e. The van der Waals surface area contributed by atoms with Crippen molar-refractivity contribution in [3.8, 4) is 5.75 Å². The number of amides is 3. The third-order valence-electron chi connectivity index (χ3n) is 3.95. The zero-order valence-electron chi connectivity index (χ0n) is 14.4. The van der Waals surface area contributed by atoms with Crippen LogP contribution in [0.4, 0.5) is 11.4 Å². The predicted molar refractivity (Wildman–Crippen MR) is 97.2 cm³/mol. The molecule has 1 aliphatic heterocycles. The molecule has 0 saturated heterocycles. The first-order valence-corrected chi connectivity index (χ1v) is 8.22. The highest BCUT2D eigenvalue weighted by Gasteiger charge is 2.24. The second kappa shape index (κ2) is 7.26. The number of anilines is 2. The zero-order chi connectivity index (χ0) is 18.7. The standard InChI is InChI=1S/C19H19N3O4/c1-11(20-19(25)13-6-4-3-5-7-13)17(23)21-14-8-9-16-15(10-14)22-18(24)12(2)26-16/h3-12H,1-2H3,(H,20,25)(H,21,23)(H,22,24). The minimum Gasteiger partial charge on any atom is -0.479 e. The van der Waals surface area contributed by atoms with E-state index in [0.717, 1.165) is 0 Å². The lowest BCUT2D eigenvalue weighted by Crippen LogP contribution is -2.41. The van der Waals surface area contributed by atoms with E-state index < -0.39 is 12.1 Å². The lowest BCUT2D eigenvalue weighted by molar-refractivity contribution is -0.122. The molecule has 0 spiro atoms. The quantitative estimate of drug-likeness (QED) is 0.785. The van der Waals surface area contributed by atoms with Gasteiger partial charge in [-0.05, 0) is 44.2 Å². The Morgan fingerprint density at radius 3 is 2.62 bits per heavy atom. The summed E-state index contributed by atoms with van der Waals surface area (Å²) in [5, 5.41) is 8.08. The molecule has 3 amide bonds. The Morgan fingerprint density at radius 1 is 1.15 bits per heavy atom. The van der Waals surface area contributed by atoms with Crippen LogP contribution >= 0.6 is 0 Å². The maximum atomic E-state index is 12.3. The molecule has 7 nitrogen and oxygen atoms in total. The fourth-order valence-corrected chi connectivity index (χ4v) is 2.47. The van der Waals surface area contributed by atoms with E-state index in [-0.39, 0.29) is 17.7 Å². The van der Waals surface area contributed by atoms with Gasteiger partial charge in [-0.1, -0.05) is 18.2 Å². The smallest absolute Gasteiger partial charge is 0.265 e. The lowest BCUT2D eigenvalue weighted by atomic mass is 10.2. The molecule has 2 atom stereocenters. The fraction of sp³-hybridized carbons (Fsp3) is 0.211. The number of hydrogen-bond acceptors (Lipinski definition) is 4. The molecule has 2 unspecified atom stereocenters. The van der Waals surface area contributed by atoms with E-state index in [0.29, 0.717) is 22.7 Å². The Hall–Kier alpha value is -3.35. The van der Waals surface area contributed by atoms with Gasteiger partial charge in [-0.3, -0.25) is 14.4 Å². The van der Waals surface area contributed by atoms with Crippen LogP contribution in [0.1, 0.15) is 24.2 Å². The van der Waals surface area contributed by atoms with Gasteiger partial charge in [-0.25, -0.2) is 0 Å². The van der Waals surface area contributed by atoms with Crippen LogP contribution in [-0.4, -0.2) is 29.9 Å². The van der Waals surface area contributed by atoms with E-state index in [2.05, 4.69) is 16.0 Å². The maximum absolute atomic E-state index is 12.3. The molecule has 0 bridgehead atoms. The van der Waals surface area contributed by atoms with Crippen molar-refractivity contribution >= 4 is 29.1 Å². The molecular formula is C19H19N3O4. The van der Waals surface area contributed by atoms with Crippen molar-refractivity contribution in [1.82, 2.24) is 5.32 Å². The first kappa shape index (κ1) is 17.5. The third-order valence-corrected chi connectivity index (χ3v) is 3.95. The Morgan fingerprint density at radius 2 is 1.88 bits per heavy atom. The number of benzene rings is 2. The van der Waals surface area contributed by atoms with Crippen LogP contribution in [0.25, 0.3) is 0 Å². The number of carbonyl (C=O) groups is 3. The van der Waals surface area contributed by atoms with Crippen molar-refractivity contribution in [1.29, 1.82) is 0 Å². The summed E-state index contributed by atoms with van der Waals surface area (Å²) in [5.41, 5.74) is 1.47. The summed E-state index contributed by atoms with van der Waals surface area (Å²) in [7, 11) is 0. The monoisotopic (exact) mass is 353 g/mol. The summed E-state index contributed by atoms with van der Waals surface area (Å²) in [4.78, 5) is 36.1. The minimum atomic E-state index is -0.732. The summed E-state index contributed by atoms with van der Waals surface area (Å²) < 4.78 is 5.47. The highest BCUT2D eigenvalue weighted by Crippen LogP contribution is 2.32. The molecule has 2 aromatic carbocycles. The SMILES string of the molecule is CC(NC(=O)c1ccccc1)C(=O)Nc1ccc2c(c1)NC(=O)C(C)O2. The number of carbonyl (C=O) groups excluding carboxylic acids is 3. The molecule has 0 aliphatic carbocycles. The summed E-state index contributed by atoms with van der Waals surface area (Å²) in [6.45, 7) is 3.26. The minimum absolute atomic E-state index is 0.246. The topological polar surface area (TPSA) is 96.5 Å². The summed E-state index contributed by atoms with van der Waals surface area (Å²) in [5.74, 6) is -0.399. The van der Waals surface area contributed by atoms with Gasteiger partial charge in [0.05, 0.1) is 5.69 Å². The van der Waals surface area contributed by atoms with Crippen LogP contribution in [0, 0.1) is 0 Å². The fourth-order valence-electron chi connectivity index (χ4n) is 2.47. The molecule has 134 valence electrons. The second-order valence-electron chi connectivity index (χ2n) is 6.01. The number of rotatable bonds is 4. The molecule has 2 aromatic rings. The maximum Gasteiger partial charge on any atom is 0.265 e. The van der Waals surface area contributed by atoms with Crippen LogP contribution in [0.5, 0.6) is 5.75 Å². The number of fused-ring (bicyclic) bond motifs is 1. The van der Waals surface area contributed by atoms with Gasteiger partial charge in [0.25, 0.3) is 11.8 Å². The molecule has 0 fully saturated rings. The first-order valence-electron chi connectivity index (χ1n) is 8.22. The number of hydrogen-bond donors (Lipinski definition) is 3. The molecule has 1 heterocycles. The van der Waals surface area contributed by atoms with Gasteiger partial charge in [0.2, 0.25) is 5.91 Å². The third kappa shape index (κ3) is 3.83. The van der Waals surface area contributed by atoms with Crippen LogP contribution in [-0.2, 0) is 9.59 Å². The molecule has 1 aliphatic rings. The Labute approximate surface area is 150 Å². The molecule has 0 radical (unpaired) electrons.